The second kappa shape index (κ2) is 5.03. The van der Waals surface area contributed by atoms with Crippen molar-refractivity contribution in [2.45, 2.75) is 12.8 Å². The first-order valence-corrected chi connectivity index (χ1v) is 5.79. The van der Waals surface area contributed by atoms with Gasteiger partial charge in [-0.05, 0) is 18.9 Å². The highest BCUT2D eigenvalue weighted by atomic mass is 16.4. The predicted molar refractivity (Wildman–Crippen MR) is 63.3 cm³/mol. The number of hydrogen-bond donors (Lipinski definition) is 2. The molecule has 1 fully saturated rings. The van der Waals surface area contributed by atoms with Crippen molar-refractivity contribution < 1.29 is 14.7 Å². The Bertz CT molecular complexity index is 515. The lowest BCUT2D eigenvalue weighted by Gasteiger charge is -2.30. The maximum absolute atomic E-state index is 12.1. The molecule has 0 aromatic carbocycles. The molecule has 0 aliphatic carbocycles. The molecule has 2 rings (SSSR count). The number of likely N-dealkylation sites (tertiary alicyclic amines) is 1. The van der Waals surface area contributed by atoms with E-state index in [9.17, 15) is 14.4 Å². The van der Waals surface area contributed by atoms with Gasteiger partial charge in [-0.3, -0.25) is 14.4 Å². The molecule has 0 atom stereocenters. The highest BCUT2D eigenvalue weighted by molar-refractivity contribution is 5.94. The number of carboxylic acids is 1. The number of aliphatic carboxylic acids is 1. The summed E-state index contributed by atoms with van der Waals surface area (Å²) in [6.07, 6.45) is 2.36. The lowest BCUT2D eigenvalue weighted by atomic mass is 9.97. The molecular weight excluding hydrogens is 236 g/mol. The van der Waals surface area contributed by atoms with Gasteiger partial charge in [0, 0.05) is 30.9 Å². The molecule has 0 unspecified atom stereocenters. The Morgan fingerprint density at radius 1 is 1.33 bits per heavy atom. The largest absolute Gasteiger partial charge is 0.481 e. The van der Waals surface area contributed by atoms with Gasteiger partial charge in [0.05, 0.1) is 5.92 Å². The molecule has 18 heavy (non-hydrogen) atoms. The Balaban J connectivity index is 2.04. The van der Waals surface area contributed by atoms with Crippen LogP contribution in [-0.2, 0) is 4.79 Å². The van der Waals surface area contributed by atoms with Crippen LogP contribution in [0.15, 0.2) is 23.1 Å². The van der Waals surface area contributed by atoms with Gasteiger partial charge >= 0.3 is 5.97 Å². The van der Waals surface area contributed by atoms with Gasteiger partial charge in [-0.1, -0.05) is 0 Å². The van der Waals surface area contributed by atoms with Crippen molar-refractivity contribution in [1.82, 2.24) is 9.88 Å². The number of amides is 1. The second-order valence-corrected chi connectivity index (χ2v) is 4.35. The van der Waals surface area contributed by atoms with Crippen molar-refractivity contribution >= 4 is 11.9 Å². The van der Waals surface area contributed by atoms with Gasteiger partial charge in [0.15, 0.2) is 0 Å². The fourth-order valence-electron chi connectivity index (χ4n) is 2.09. The Labute approximate surface area is 103 Å². The fourth-order valence-corrected chi connectivity index (χ4v) is 2.09. The second-order valence-electron chi connectivity index (χ2n) is 4.35. The topological polar surface area (TPSA) is 90.5 Å². The first-order valence-electron chi connectivity index (χ1n) is 5.79. The molecule has 1 saturated heterocycles. The first-order chi connectivity index (χ1) is 8.58. The van der Waals surface area contributed by atoms with Crippen LogP contribution in [0.3, 0.4) is 0 Å². The number of piperidine rings is 1. The molecule has 1 aromatic rings. The van der Waals surface area contributed by atoms with Crippen LogP contribution in [0.4, 0.5) is 0 Å². The van der Waals surface area contributed by atoms with Crippen LogP contribution in [0.1, 0.15) is 23.2 Å². The monoisotopic (exact) mass is 250 g/mol. The normalized spacial score (nSPS) is 16.6. The van der Waals surface area contributed by atoms with E-state index in [4.69, 9.17) is 5.11 Å². The van der Waals surface area contributed by atoms with Crippen molar-refractivity contribution in [2.75, 3.05) is 13.1 Å². The number of nitrogens with zero attached hydrogens (tertiary/aromatic N) is 1. The Kier molecular flexibility index (Phi) is 3.45. The van der Waals surface area contributed by atoms with E-state index in [0.29, 0.717) is 31.5 Å². The lowest BCUT2D eigenvalue weighted by molar-refractivity contribution is -0.143. The van der Waals surface area contributed by atoms with Crippen LogP contribution in [0.5, 0.6) is 0 Å². The van der Waals surface area contributed by atoms with Gasteiger partial charge in [-0.15, -0.1) is 0 Å². The predicted octanol–water partition coefficient (Wildman–Crippen LogP) is 0.312. The summed E-state index contributed by atoms with van der Waals surface area (Å²) in [5.74, 6) is -1.39. The minimum atomic E-state index is -0.807. The van der Waals surface area contributed by atoms with Crippen LogP contribution < -0.4 is 5.56 Å². The van der Waals surface area contributed by atoms with Gasteiger partial charge in [0.1, 0.15) is 0 Å². The van der Waals surface area contributed by atoms with Crippen molar-refractivity contribution in [3.63, 3.8) is 0 Å². The number of H-pyrrole nitrogens is 1. The number of rotatable bonds is 2. The Morgan fingerprint density at radius 2 is 2.00 bits per heavy atom. The van der Waals surface area contributed by atoms with E-state index in [0.717, 1.165) is 0 Å². The van der Waals surface area contributed by atoms with E-state index in [2.05, 4.69) is 4.98 Å². The zero-order chi connectivity index (χ0) is 13.1. The zero-order valence-electron chi connectivity index (χ0n) is 9.76. The van der Waals surface area contributed by atoms with Gasteiger partial charge in [0.25, 0.3) is 5.91 Å². The van der Waals surface area contributed by atoms with E-state index >= 15 is 0 Å². The third-order valence-corrected chi connectivity index (χ3v) is 3.15. The summed E-state index contributed by atoms with van der Waals surface area (Å²) in [4.78, 5) is 38.0. The highest BCUT2D eigenvalue weighted by Gasteiger charge is 2.27. The molecule has 96 valence electrons. The van der Waals surface area contributed by atoms with Gasteiger partial charge in [-0.2, -0.15) is 0 Å². The summed E-state index contributed by atoms with van der Waals surface area (Å²) >= 11 is 0. The summed E-state index contributed by atoms with van der Waals surface area (Å²) in [5, 5.41) is 8.87. The molecule has 1 aliphatic rings. The highest BCUT2D eigenvalue weighted by Crippen LogP contribution is 2.18. The molecule has 0 spiro atoms. The molecule has 1 aromatic heterocycles. The number of carboxylic acid groups (broad SMARTS) is 1. The summed E-state index contributed by atoms with van der Waals surface area (Å²) in [6, 6.07) is 2.80. The van der Waals surface area contributed by atoms with Crippen molar-refractivity contribution in [3.8, 4) is 0 Å². The minimum Gasteiger partial charge on any atom is -0.481 e. The average molecular weight is 250 g/mol. The number of aromatic nitrogens is 1. The molecule has 0 saturated carbocycles. The molecule has 1 aliphatic heterocycles. The lowest BCUT2D eigenvalue weighted by Crippen LogP contribution is -2.40. The van der Waals surface area contributed by atoms with Crippen molar-refractivity contribution in [1.29, 1.82) is 0 Å². The van der Waals surface area contributed by atoms with Crippen molar-refractivity contribution in [3.05, 3.63) is 34.2 Å². The summed E-state index contributed by atoms with van der Waals surface area (Å²) in [5.41, 5.74) is 0.0220. The van der Waals surface area contributed by atoms with Crippen LogP contribution in [-0.4, -0.2) is 40.0 Å². The Hall–Kier alpha value is -2.11. The number of nitrogens with one attached hydrogen (secondary N) is 1. The fraction of sp³-hybridized carbons (Fsp3) is 0.417. The maximum atomic E-state index is 12.1. The number of carbonyl (C=O) groups excluding carboxylic acids is 1. The number of hydrogen-bond acceptors (Lipinski definition) is 3. The molecule has 6 nitrogen and oxygen atoms in total. The molecule has 0 bridgehead atoms. The van der Waals surface area contributed by atoms with E-state index in [1.807, 2.05) is 0 Å². The molecule has 1 amide bonds. The Morgan fingerprint density at radius 3 is 2.56 bits per heavy atom. The molecule has 2 N–H and O–H groups in total. The third kappa shape index (κ3) is 2.58. The third-order valence-electron chi connectivity index (χ3n) is 3.15. The van der Waals surface area contributed by atoms with Crippen LogP contribution >= 0.6 is 0 Å². The molecule has 0 radical (unpaired) electrons. The number of pyridine rings is 1. The van der Waals surface area contributed by atoms with Gasteiger partial charge < -0.3 is 15.0 Å². The van der Waals surface area contributed by atoms with E-state index in [1.165, 1.54) is 12.3 Å². The smallest absolute Gasteiger partial charge is 0.306 e. The van der Waals surface area contributed by atoms with Crippen LogP contribution in [0, 0.1) is 5.92 Å². The van der Waals surface area contributed by atoms with E-state index in [1.54, 1.807) is 11.0 Å². The van der Waals surface area contributed by atoms with Crippen LogP contribution in [0.2, 0.25) is 0 Å². The summed E-state index contributed by atoms with van der Waals surface area (Å²) in [7, 11) is 0. The maximum Gasteiger partial charge on any atom is 0.306 e. The SMILES string of the molecule is O=C(O)C1CCN(C(=O)c2cc[nH]c(=O)c2)CC1. The first kappa shape index (κ1) is 12.3. The van der Waals surface area contributed by atoms with E-state index < -0.39 is 5.97 Å². The van der Waals surface area contributed by atoms with Gasteiger partial charge in [0.2, 0.25) is 5.56 Å². The number of carbonyl (C=O) groups is 2. The molecule has 2 heterocycles. The zero-order valence-corrected chi connectivity index (χ0v) is 9.76. The quantitative estimate of drug-likeness (QED) is 0.790. The minimum absolute atomic E-state index is 0.218. The van der Waals surface area contributed by atoms with E-state index in [-0.39, 0.29) is 17.4 Å². The van der Waals surface area contributed by atoms with Crippen LogP contribution in [0.25, 0.3) is 0 Å². The molecular formula is C12H14N2O4. The number of aromatic amines is 1. The molecule has 6 heteroatoms. The van der Waals surface area contributed by atoms with Gasteiger partial charge in [-0.25, -0.2) is 0 Å². The average Bonchev–Trinajstić information content (AvgIpc) is 2.38. The summed E-state index contributed by atoms with van der Waals surface area (Å²) in [6.45, 7) is 0.838. The summed E-state index contributed by atoms with van der Waals surface area (Å²) < 4.78 is 0. The van der Waals surface area contributed by atoms with Crippen molar-refractivity contribution in [2.24, 2.45) is 5.92 Å². The standard InChI is InChI=1S/C12H14N2O4/c15-10-7-9(1-4-13-10)11(16)14-5-2-8(3-6-14)12(17)18/h1,4,7-8H,2-3,5-6H2,(H,13,15)(H,17,18).